The summed E-state index contributed by atoms with van der Waals surface area (Å²) in [5.41, 5.74) is 2.56. The Bertz CT molecular complexity index is 766. The van der Waals surface area contributed by atoms with E-state index in [9.17, 15) is 14.4 Å². The highest BCUT2D eigenvalue weighted by Crippen LogP contribution is 2.36. The smallest absolute Gasteiger partial charge is 0.325 e. The second kappa shape index (κ2) is 7.33. The zero-order valence-electron chi connectivity index (χ0n) is 16.6. The molecule has 1 aromatic rings. The van der Waals surface area contributed by atoms with Gasteiger partial charge in [0.1, 0.15) is 12.1 Å². The third-order valence-electron chi connectivity index (χ3n) is 6.08. The van der Waals surface area contributed by atoms with Gasteiger partial charge in [-0.15, -0.1) is 0 Å². The van der Waals surface area contributed by atoms with Crippen LogP contribution in [0.3, 0.4) is 0 Å². The van der Waals surface area contributed by atoms with E-state index in [1.807, 2.05) is 39.0 Å². The minimum atomic E-state index is -0.802. The first-order valence-corrected chi connectivity index (χ1v) is 9.72. The molecule has 1 spiro atoms. The molecule has 1 saturated heterocycles. The first-order chi connectivity index (χ1) is 12.7. The minimum Gasteiger partial charge on any atom is -0.348 e. The molecule has 6 nitrogen and oxygen atoms in total. The molecule has 3 rings (SSSR count). The number of aryl methyl sites for hydroxylation is 2. The molecule has 0 radical (unpaired) electrons. The third-order valence-corrected chi connectivity index (χ3v) is 6.08. The SMILES string of the molecule is Cc1ccc(C(C)NC(=O)CN2C(=O)NC3(CCC(C)CC3)C2=O)cc1C. The molecule has 1 saturated carbocycles. The Morgan fingerprint density at radius 3 is 2.56 bits per heavy atom. The Hall–Kier alpha value is -2.37. The zero-order chi connectivity index (χ0) is 19.8. The standard InChI is InChI=1S/C21H29N3O3/c1-13-7-9-21(10-8-13)19(26)24(20(27)23-21)12-18(25)22-16(4)17-6-5-14(2)15(3)11-17/h5-6,11,13,16H,7-10,12H2,1-4H3,(H,22,25)(H,23,27). The predicted molar refractivity (Wildman–Crippen MR) is 103 cm³/mol. The number of urea groups is 1. The molecule has 2 N–H and O–H groups in total. The van der Waals surface area contributed by atoms with Gasteiger partial charge in [0.25, 0.3) is 5.91 Å². The molecule has 4 amide bonds. The summed E-state index contributed by atoms with van der Waals surface area (Å²) in [7, 11) is 0. The molecular weight excluding hydrogens is 342 g/mol. The highest BCUT2D eigenvalue weighted by molar-refractivity contribution is 6.09. The van der Waals surface area contributed by atoms with E-state index >= 15 is 0 Å². The number of carbonyl (C=O) groups excluding carboxylic acids is 3. The fourth-order valence-electron chi connectivity index (χ4n) is 3.96. The molecule has 6 heteroatoms. The Balaban J connectivity index is 1.62. The number of nitrogens with zero attached hydrogens (tertiary/aromatic N) is 1. The minimum absolute atomic E-state index is 0.193. The van der Waals surface area contributed by atoms with E-state index in [1.54, 1.807) is 0 Å². The van der Waals surface area contributed by atoms with E-state index in [-0.39, 0.29) is 24.4 Å². The average Bonchev–Trinajstić information content (AvgIpc) is 2.84. The number of benzene rings is 1. The van der Waals surface area contributed by atoms with Gasteiger partial charge in [-0.2, -0.15) is 0 Å². The van der Waals surface area contributed by atoms with Crippen LogP contribution in [0.5, 0.6) is 0 Å². The normalized spacial score (nSPS) is 26.2. The van der Waals surface area contributed by atoms with Gasteiger partial charge in [0.05, 0.1) is 6.04 Å². The summed E-state index contributed by atoms with van der Waals surface area (Å²) in [4.78, 5) is 38.7. The quantitative estimate of drug-likeness (QED) is 0.799. The van der Waals surface area contributed by atoms with Gasteiger partial charge in [-0.05, 0) is 69.1 Å². The van der Waals surface area contributed by atoms with Crippen molar-refractivity contribution in [3.63, 3.8) is 0 Å². The molecule has 0 bridgehead atoms. The van der Waals surface area contributed by atoms with Crippen molar-refractivity contribution in [2.24, 2.45) is 5.92 Å². The van der Waals surface area contributed by atoms with Crippen LogP contribution < -0.4 is 10.6 Å². The van der Waals surface area contributed by atoms with E-state index in [4.69, 9.17) is 0 Å². The lowest BCUT2D eigenvalue weighted by molar-refractivity contribution is -0.136. The van der Waals surface area contributed by atoms with Crippen LogP contribution in [-0.2, 0) is 9.59 Å². The summed E-state index contributed by atoms with van der Waals surface area (Å²) in [6.07, 6.45) is 3.12. The highest BCUT2D eigenvalue weighted by atomic mass is 16.2. The number of hydrogen-bond acceptors (Lipinski definition) is 3. The largest absolute Gasteiger partial charge is 0.348 e. The van der Waals surface area contributed by atoms with Crippen LogP contribution in [0.2, 0.25) is 0 Å². The van der Waals surface area contributed by atoms with Crippen molar-refractivity contribution in [2.45, 2.75) is 65.0 Å². The summed E-state index contributed by atoms with van der Waals surface area (Å²) in [6.45, 7) is 7.90. The first kappa shape index (κ1) is 19.4. The Labute approximate surface area is 160 Å². The van der Waals surface area contributed by atoms with E-state index in [1.165, 1.54) is 5.56 Å². The molecule has 146 valence electrons. The van der Waals surface area contributed by atoms with Gasteiger partial charge in [0.2, 0.25) is 5.91 Å². The van der Waals surface area contributed by atoms with Gasteiger partial charge in [-0.25, -0.2) is 4.79 Å². The van der Waals surface area contributed by atoms with Crippen LogP contribution in [0.25, 0.3) is 0 Å². The fourth-order valence-corrected chi connectivity index (χ4v) is 3.96. The molecule has 1 heterocycles. The van der Waals surface area contributed by atoms with Gasteiger partial charge in [-0.1, -0.05) is 25.1 Å². The number of hydrogen-bond donors (Lipinski definition) is 2. The summed E-state index contributed by atoms with van der Waals surface area (Å²) < 4.78 is 0. The maximum Gasteiger partial charge on any atom is 0.325 e. The van der Waals surface area contributed by atoms with E-state index in [2.05, 4.69) is 17.6 Å². The van der Waals surface area contributed by atoms with Gasteiger partial charge >= 0.3 is 6.03 Å². The van der Waals surface area contributed by atoms with Crippen molar-refractivity contribution in [3.8, 4) is 0 Å². The third kappa shape index (κ3) is 3.84. The monoisotopic (exact) mass is 371 g/mol. The lowest BCUT2D eigenvalue weighted by atomic mass is 9.77. The van der Waals surface area contributed by atoms with Gasteiger partial charge < -0.3 is 10.6 Å². The summed E-state index contributed by atoms with van der Waals surface area (Å²) >= 11 is 0. The van der Waals surface area contributed by atoms with Crippen LogP contribution in [0, 0.1) is 19.8 Å². The number of carbonyl (C=O) groups is 3. The average molecular weight is 371 g/mol. The number of nitrogens with one attached hydrogen (secondary N) is 2. The van der Waals surface area contributed by atoms with Crippen molar-refractivity contribution < 1.29 is 14.4 Å². The van der Waals surface area contributed by atoms with Gasteiger partial charge in [0, 0.05) is 0 Å². The van der Waals surface area contributed by atoms with Crippen molar-refractivity contribution in [3.05, 3.63) is 34.9 Å². The lowest BCUT2D eigenvalue weighted by Crippen LogP contribution is -2.50. The van der Waals surface area contributed by atoms with Crippen molar-refractivity contribution in [2.75, 3.05) is 6.54 Å². The molecule has 0 aromatic heterocycles. The van der Waals surface area contributed by atoms with Crippen LogP contribution in [0.4, 0.5) is 4.79 Å². The molecule has 1 aliphatic carbocycles. The summed E-state index contributed by atoms with van der Waals surface area (Å²) in [5, 5.41) is 5.75. The van der Waals surface area contributed by atoms with Crippen LogP contribution >= 0.6 is 0 Å². The van der Waals surface area contributed by atoms with Crippen LogP contribution in [0.15, 0.2) is 18.2 Å². The molecule has 2 aliphatic rings. The molecular formula is C21H29N3O3. The van der Waals surface area contributed by atoms with Crippen molar-refractivity contribution in [1.29, 1.82) is 0 Å². The van der Waals surface area contributed by atoms with E-state index in [0.29, 0.717) is 18.8 Å². The topological polar surface area (TPSA) is 78.5 Å². The Morgan fingerprint density at radius 1 is 1.26 bits per heavy atom. The number of imide groups is 1. The van der Waals surface area contributed by atoms with Crippen LogP contribution in [-0.4, -0.2) is 34.8 Å². The fraction of sp³-hybridized carbons (Fsp3) is 0.571. The van der Waals surface area contributed by atoms with Gasteiger partial charge in [0.15, 0.2) is 0 Å². The second-order valence-corrected chi connectivity index (χ2v) is 8.22. The molecule has 1 aromatic carbocycles. The molecule has 1 unspecified atom stereocenters. The Morgan fingerprint density at radius 2 is 1.93 bits per heavy atom. The Kier molecular flexibility index (Phi) is 5.27. The van der Waals surface area contributed by atoms with Crippen molar-refractivity contribution in [1.82, 2.24) is 15.5 Å². The van der Waals surface area contributed by atoms with Crippen molar-refractivity contribution >= 4 is 17.8 Å². The maximum absolute atomic E-state index is 12.8. The van der Waals surface area contributed by atoms with E-state index in [0.717, 1.165) is 28.9 Å². The number of rotatable bonds is 4. The van der Waals surface area contributed by atoms with Crippen LogP contribution in [0.1, 0.15) is 62.3 Å². The zero-order valence-corrected chi connectivity index (χ0v) is 16.6. The molecule has 27 heavy (non-hydrogen) atoms. The molecule has 2 fully saturated rings. The summed E-state index contributed by atoms with van der Waals surface area (Å²) in [5.74, 6) is -0.0182. The lowest BCUT2D eigenvalue weighted by Gasteiger charge is -2.33. The molecule has 1 atom stereocenters. The summed E-state index contributed by atoms with van der Waals surface area (Å²) in [6, 6.07) is 5.41. The maximum atomic E-state index is 12.8. The van der Waals surface area contributed by atoms with Gasteiger partial charge in [-0.3, -0.25) is 14.5 Å². The second-order valence-electron chi connectivity index (χ2n) is 8.22. The molecule has 1 aliphatic heterocycles. The van der Waals surface area contributed by atoms with E-state index < -0.39 is 11.6 Å². The highest BCUT2D eigenvalue weighted by Gasteiger charge is 2.52. The predicted octanol–water partition coefficient (Wildman–Crippen LogP) is 2.98. The number of amides is 4. The first-order valence-electron chi connectivity index (χ1n) is 9.72.